The van der Waals surface area contributed by atoms with E-state index in [1.807, 2.05) is 0 Å². The van der Waals surface area contributed by atoms with Gasteiger partial charge in [-0.15, -0.1) is 0 Å². The van der Waals surface area contributed by atoms with E-state index in [1.54, 1.807) is 20.8 Å². The summed E-state index contributed by atoms with van der Waals surface area (Å²) in [6, 6.07) is -0.223. The molecule has 0 saturated carbocycles. The molecule has 0 aromatic heterocycles. The molecule has 0 bridgehead atoms. The van der Waals surface area contributed by atoms with Gasteiger partial charge in [0, 0.05) is 33.2 Å². The standard InChI is InChI=1S/C13H27N3O4S/c1-13(2,3)20-12(17)14-10-11-8-6-7-9-16(11)21(18,19)15(4)5/h11H,6-10H2,1-5H3,(H,14,17). The summed E-state index contributed by atoms with van der Waals surface area (Å²) in [6.07, 6.45) is 2.02. The van der Waals surface area contributed by atoms with E-state index in [1.165, 1.54) is 22.7 Å². The minimum absolute atomic E-state index is 0.223. The van der Waals surface area contributed by atoms with Crippen LogP contribution in [0.2, 0.25) is 0 Å². The van der Waals surface area contributed by atoms with E-state index in [-0.39, 0.29) is 12.6 Å². The summed E-state index contributed by atoms with van der Waals surface area (Å²) >= 11 is 0. The summed E-state index contributed by atoms with van der Waals surface area (Å²) in [5, 5.41) is 2.66. The number of carbonyl (C=O) groups is 1. The van der Waals surface area contributed by atoms with Crippen molar-refractivity contribution in [1.82, 2.24) is 13.9 Å². The van der Waals surface area contributed by atoms with E-state index in [0.717, 1.165) is 19.3 Å². The Morgan fingerprint density at radius 2 is 1.95 bits per heavy atom. The maximum atomic E-state index is 12.3. The molecule has 8 heteroatoms. The first-order valence-electron chi connectivity index (χ1n) is 7.20. The topological polar surface area (TPSA) is 79.0 Å². The average molecular weight is 321 g/mol. The second kappa shape index (κ2) is 6.93. The molecule has 0 aromatic carbocycles. The number of ether oxygens (including phenoxy) is 1. The number of piperidine rings is 1. The molecule has 1 unspecified atom stereocenters. The van der Waals surface area contributed by atoms with Gasteiger partial charge in [0.2, 0.25) is 0 Å². The molecule has 21 heavy (non-hydrogen) atoms. The number of rotatable bonds is 4. The Morgan fingerprint density at radius 3 is 2.48 bits per heavy atom. The molecule has 0 aliphatic carbocycles. The zero-order chi connectivity index (χ0) is 16.3. The van der Waals surface area contributed by atoms with Gasteiger partial charge in [-0.3, -0.25) is 0 Å². The summed E-state index contributed by atoms with van der Waals surface area (Å²) in [5.41, 5.74) is -0.563. The van der Waals surface area contributed by atoms with Crippen LogP contribution in [0.3, 0.4) is 0 Å². The van der Waals surface area contributed by atoms with Crippen molar-refractivity contribution in [2.24, 2.45) is 0 Å². The van der Waals surface area contributed by atoms with Crippen molar-refractivity contribution >= 4 is 16.3 Å². The van der Waals surface area contributed by atoms with Crippen LogP contribution in [0, 0.1) is 0 Å². The van der Waals surface area contributed by atoms with Gasteiger partial charge in [0.05, 0.1) is 0 Å². The maximum Gasteiger partial charge on any atom is 0.407 e. The van der Waals surface area contributed by atoms with E-state index < -0.39 is 21.9 Å². The molecule has 1 fully saturated rings. The summed E-state index contributed by atoms with van der Waals surface area (Å²) in [4.78, 5) is 11.7. The second-order valence-corrected chi connectivity index (χ2v) is 8.53. The minimum Gasteiger partial charge on any atom is -0.444 e. The molecular formula is C13H27N3O4S. The molecule has 1 amide bonds. The lowest BCUT2D eigenvalue weighted by Crippen LogP contribution is -2.52. The normalized spacial score (nSPS) is 21.3. The molecule has 0 spiro atoms. The highest BCUT2D eigenvalue weighted by Crippen LogP contribution is 2.21. The molecule has 1 rings (SSSR count). The number of alkyl carbamates (subject to hydrolysis) is 1. The van der Waals surface area contributed by atoms with Crippen LogP contribution in [0.25, 0.3) is 0 Å². The Hall–Kier alpha value is -0.860. The Kier molecular flexibility index (Phi) is 6.01. The Morgan fingerprint density at radius 1 is 1.33 bits per heavy atom. The fourth-order valence-electron chi connectivity index (χ4n) is 2.21. The van der Waals surface area contributed by atoms with Crippen LogP contribution in [0.5, 0.6) is 0 Å². The van der Waals surface area contributed by atoms with Crippen LogP contribution >= 0.6 is 0 Å². The highest BCUT2D eigenvalue weighted by molar-refractivity contribution is 7.86. The highest BCUT2D eigenvalue weighted by atomic mass is 32.2. The minimum atomic E-state index is -3.46. The summed E-state index contributed by atoms with van der Waals surface area (Å²) in [6.45, 7) is 6.12. The third-order valence-corrected chi connectivity index (χ3v) is 5.21. The second-order valence-electron chi connectivity index (χ2n) is 6.43. The van der Waals surface area contributed by atoms with Gasteiger partial charge in [0.25, 0.3) is 10.2 Å². The van der Waals surface area contributed by atoms with Crippen molar-refractivity contribution in [3.63, 3.8) is 0 Å². The average Bonchev–Trinajstić information content (AvgIpc) is 2.34. The monoisotopic (exact) mass is 321 g/mol. The zero-order valence-electron chi connectivity index (χ0n) is 13.5. The lowest BCUT2D eigenvalue weighted by atomic mass is 10.1. The molecule has 0 radical (unpaired) electrons. The van der Waals surface area contributed by atoms with Crippen molar-refractivity contribution in [3.8, 4) is 0 Å². The third-order valence-electron chi connectivity index (χ3n) is 3.21. The molecule has 1 aliphatic heterocycles. The Labute approximate surface area is 127 Å². The fourth-order valence-corrected chi connectivity index (χ4v) is 3.54. The van der Waals surface area contributed by atoms with Crippen LogP contribution in [0.1, 0.15) is 40.0 Å². The van der Waals surface area contributed by atoms with Gasteiger partial charge in [-0.25, -0.2) is 4.79 Å². The van der Waals surface area contributed by atoms with E-state index >= 15 is 0 Å². The molecule has 1 heterocycles. The first kappa shape index (κ1) is 18.2. The van der Waals surface area contributed by atoms with Crippen molar-refractivity contribution in [1.29, 1.82) is 0 Å². The van der Waals surface area contributed by atoms with Crippen LogP contribution in [0.4, 0.5) is 4.79 Å². The first-order valence-corrected chi connectivity index (χ1v) is 8.60. The summed E-state index contributed by atoms with van der Waals surface area (Å²) < 4.78 is 32.4. The fraction of sp³-hybridized carbons (Fsp3) is 0.923. The van der Waals surface area contributed by atoms with Gasteiger partial charge in [0.15, 0.2) is 0 Å². The van der Waals surface area contributed by atoms with Crippen LogP contribution in [-0.4, -0.2) is 61.9 Å². The number of nitrogens with zero attached hydrogens (tertiary/aromatic N) is 2. The first-order chi connectivity index (χ1) is 9.54. The number of hydrogen-bond donors (Lipinski definition) is 1. The lowest BCUT2D eigenvalue weighted by molar-refractivity contribution is 0.0511. The van der Waals surface area contributed by atoms with Crippen molar-refractivity contribution in [3.05, 3.63) is 0 Å². The maximum absolute atomic E-state index is 12.3. The van der Waals surface area contributed by atoms with E-state index in [9.17, 15) is 13.2 Å². The van der Waals surface area contributed by atoms with Crippen LogP contribution in [-0.2, 0) is 14.9 Å². The predicted molar refractivity (Wildman–Crippen MR) is 81.2 cm³/mol. The molecule has 1 atom stereocenters. The van der Waals surface area contributed by atoms with Crippen LogP contribution in [0.15, 0.2) is 0 Å². The van der Waals surface area contributed by atoms with Gasteiger partial charge < -0.3 is 10.1 Å². The van der Waals surface area contributed by atoms with Gasteiger partial charge in [-0.05, 0) is 33.6 Å². The number of carbonyl (C=O) groups excluding carboxylic acids is 1. The molecule has 0 aromatic rings. The van der Waals surface area contributed by atoms with E-state index in [4.69, 9.17) is 4.74 Å². The molecule has 1 N–H and O–H groups in total. The van der Waals surface area contributed by atoms with Gasteiger partial charge in [-0.1, -0.05) is 6.42 Å². The van der Waals surface area contributed by atoms with Crippen molar-refractivity contribution in [2.75, 3.05) is 27.2 Å². The molecular weight excluding hydrogens is 294 g/mol. The number of amides is 1. The molecule has 1 aliphatic rings. The SMILES string of the molecule is CN(C)S(=O)(=O)N1CCCCC1CNC(=O)OC(C)(C)C. The molecule has 1 saturated heterocycles. The Bertz CT molecular complexity index is 457. The smallest absolute Gasteiger partial charge is 0.407 e. The van der Waals surface area contributed by atoms with Crippen molar-refractivity contribution < 1.29 is 17.9 Å². The van der Waals surface area contributed by atoms with Gasteiger partial charge >= 0.3 is 6.09 Å². The number of hydrogen-bond acceptors (Lipinski definition) is 4. The largest absolute Gasteiger partial charge is 0.444 e. The van der Waals surface area contributed by atoms with Gasteiger partial charge in [-0.2, -0.15) is 17.0 Å². The molecule has 124 valence electrons. The highest BCUT2D eigenvalue weighted by Gasteiger charge is 2.34. The lowest BCUT2D eigenvalue weighted by Gasteiger charge is -2.36. The third kappa shape index (κ3) is 5.44. The Balaban J connectivity index is 2.65. The summed E-state index contributed by atoms with van der Waals surface area (Å²) in [7, 11) is -0.425. The van der Waals surface area contributed by atoms with E-state index in [2.05, 4.69) is 5.32 Å². The van der Waals surface area contributed by atoms with Crippen LogP contribution < -0.4 is 5.32 Å². The van der Waals surface area contributed by atoms with Gasteiger partial charge in [0.1, 0.15) is 5.60 Å². The predicted octanol–water partition coefficient (Wildman–Crippen LogP) is 1.17. The molecule has 7 nitrogen and oxygen atoms in total. The number of nitrogens with one attached hydrogen (secondary N) is 1. The quantitative estimate of drug-likeness (QED) is 0.843. The van der Waals surface area contributed by atoms with E-state index in [0.29, 0.717) is 6.54 Å². The van der Waals surface area contributed by atoms with Crippen molar-refractivity contribution in [2.45, 2.75) is 51.7 Å². The summed E-state index contributed by atoms with van der Waals surface area (Å²) in [5.74, 6) is 0. The zero-order valence-corrected chi connectivity index (χ0v) is 14.4.